The molecule has 43 heavy (non-hydrogen) atoms. The molecule has 1 aliphatic heterocycles. The fraction of sp³-hybridized carbons (Fsp3) is 0.409. The van der Waals surface area contributed by atoms with Crippen LogP contribution in [0.2, 0.25) is 0 Å². The van der Waals surface area contributed by atoms with Crippen LogP contribution in [0.15, 0.2) is 40.5 Å². The zero-order chi connectivity index (χ0) is 31.4. The topological polar surface area (TPSA) is 228 Å². The number of amides is 1. The number of carbonyl (C=O) groups is 2. The second-order valence-electron chi connectivity index (χ2n) is 8.17. The van der Waals surface area contributed by atoms with Crippen LogP contribution >= 0.6 is 33.8 Å². The summed E-state index contributed by atoms with van der Waals surface area (Å²) < 4.78 is 49.4. The molecular formula is C22H26F2N8O8S3. The number of hydrogen-bond donors (Lipinski definition) is 5. The van der Waals surface area contributed by atoms with Crippen LogP contribution in [-0.2, 0) is 18.9 Å². The van der Waals surface area contributed by atoms with Crippen LogP contribution in [0.25, 0.3) is 0 Å². The Bertz CT molecular complexity index is 1370. The second kappa shape index (κ2) is 16.2. The Morgan fingerprint density at radius 3 is 2.67 bits per heavy atom. The Hall–Kier alpha value is -3.79. The molecule has 2 aromatic heterocycles. The molecular weight excluding hydrogens is 638 g/mol. The number of ether oxygens (including phenoxy) is 4. The molecule has 1 amide bonds. The van der Waals surface area contributed by atoms with Gasteiger partial charge in [0.15, 0.2) is 11.2 Å². The number of nitrogens with zero attached hydrogens (tertiary/aromatic N) is 4. The van der Waals surface area contributed by atoms with Gasteiger partial charge in [0.1, 0.15) is 37.4 Å². The second-order valence-corrected chi connectivity index (χ2v) is 11.3. The number of aliphatic hydroxyl groups is 1. The quantitative estimate of drug-likeness (QED) is 0.0504. The average Bonchev–Trinajstić information content (AvgIpc) is 3.17. The molecule has 1 aliphatic rings. The first kappa shape index (κ1) is 33.7. The average molecular weight is 665 g/mol. The van der Waals surface area contributed by atoms with Gasteiger partial charge >= 0.3 is 23.9 Å². The summed E-state index contributed by atoms with van der Waals surface area (Å²) in [7, 11) is 2.66. The van der Waals surface area contributed by atoms with Crippen molar-refractivity contribution in [2.24, 2.45) is 10.8 Å². The summed E-state index contributed by atoms with van der Waals surface area (Å²) in [4.78, 5) is 43.2. The van der Waals surface area contributed by atoms with Crippen molar-refractivity contribution >= 4 is 68.9 Å². The maximum absolute atomic E-state index is 14.5. The number of aliphatic hydroxyl groups excluding tert-OH is 1. The van der Waals surface area contributed by atoms with E-state index in [0.717, 1.165) is 12.3 Å². The third kappa shape index (κ3) is 10.2. The van der Waals surface area contributed by atoms with Crippen molar-refractivity contribution in [3.05, 3.63) is 46.8 Å². The lowest BCUT2D eigenvalue weighted by Gasteiger charge is -2.20. The molecule has 1 fully saturated rings. The Kier molecular flexibility index (Phi) is 12.7. The third-order valence-electron chi connectivity index (χ3n) is 5.16. The number of carbonyl (C=O) groups excluding carboxylic acids is 2. The van der Waals surface area contributed by atoms with Gasteiger partial charge in [0.05, 0.1) is 11.9 Å². The fourth-order valence-corrected chi connectivity index (χ4v) is 4.98. The van der Waals surface area contributed by atoms with Gasteiger partial charge in [-0.2, -0.15) is 18.9 Å². The molecule has 0 aliphatic carbocycles. The van der Waals surface area contributed by atoms with Gasteiger partial charge in [-0.05, 0) is 30.4 Å². The van der Waals surface area contributed by atoms with Crippen LogP contribution < -0.4 is 27.9 Å². The first-order valence-electron chi connectivity index (χ1n) is 12.1. The number of hydrazone groups is 1. The van der Waals surface area contributed by atoms with E-state index in [9.17, 15) is 28.3 Å². The number of nitrogens with two attached hydrogens (primary N) is 2. The van der Waals surface area contributed by atoms with Gasteiger partial charge in [-0.25, -0.2) is 14.4 Å². The number of nitrogen functional groups attached to an aromatic ring is 1. The molecule has 234 valence electrons. The SMILES string of the molecule is NC(=S)NN=Cc1ncccc1NC(=O)OCCSSCCOC(=O)OCC1OC(n2ccc(N)nc2=O)C(F)(F)C1O. The maximum Gasteiger partial charge on any atom is 0.508 e. The number of aromatic nitrogens is 3. The van der Waals surface area contributed by atoms with Gasteiger partial charge in [-0.1, -0.05) is 21.6 Å². The number of pyridine rings is 1. The number of anilines is 2. The molecule has 0 bridgehead atoms. The molecule has 0 spiro atoms. The van der Waals surface area contributed by atoms with Gasteiger partial charge in [-0.3, -0.25) is 20.3 Å². The summed E-state index contributed by atoms with van der Waals surface area (Å²) in [6, 6.07) is 4.33. The predicted octanol–water partition coefficient (Wildman–Crippen LogP) is 1.06. The third-order valence-corrected chi connectivity index (χ3v) is 7.58. The van der Waals surface area contributed by atoms with E-state index in [-0.39, 0.29) is 24.1 Å². The lowest BCUT2D eigenvalue weighted by Crippen LogP contribution is -2.42. The van der Waals surface area contributed by atoms with Crippen molar-refractivity contribution in [3.8, 4) is 0 Å². The van der Waals surface area contributed by atoms with E-state index in [1.54, 1.807) is 12.1 Å². The summed E-state index contributed by atoms with van der Waals surface area (Å²) in [6.45, 7) is -0.754. The number of rotatable bonds is 13. The van der Waals surface area contributed by atoms with Crippen LogP contribution in [0.3, 0.4) is 0 Å². The lowest BCUT2D eigenvalue weighted by molar-refractivity contribution is -0.141. The van der Waals surface area contributed by atoms with Crippen LogP contribution in [0.4, 0.5) is 29.9 Å². The molecule has 21 heteroatoms. The molecule has 3 heterocycles. The summed E-state index contributed by atoms with van der Waals surface area (Å²) in [5.41, 5.74) is 12.6. The molecule has 0 aromatic carbocycles. The summed E-state index contributed by atoms with van der Waals surface area (Å²) in [5.74, 6) is -3.31. The highest BCUT2D eigenvalue weighted by atomic mass is 33.1. The predicted molar refractivity (Wildman–Crippen MR) is 157 cm³/mol. The van der Waals surface area contributed by atoms with E-state index >= 15 is 0 Å². The zero-order valence-corrected chi connectivity index (χ0v) is 24.4. The Morgan fingerprint density at radius 1 is 1.26 bits per heavy atom. The summed E-state index contributed by atoms with van der Waals surface area (Å²) in [5, 5.41) is 16.3. The minimum absolute atomic E-state index is 0.0312. The smallest absolute Gasteiger partial charge is 0.448 e. The van der Waals surface area contributed by atoms with Crippen LogP contribution in [0, 0.1) is 0 Å². The molecule has 3 atom stereocenters. The first-order chi connectivity index (χ1) is 20.5. The number of hydrogen-bond acceptors (Lipinski definition) is 15. The number of nitrogens with one attached hydrogen (secondary N) is 2. The standard InChI is InChI=1S/C22H26F2N8O8S3/c23-22(24)16(33)14(40-17(22)32-5-3-15(25)30-19(32)34)11-39-21(36)38-7-9-43-42-8-6-37-20(35)29-12-2-1-4-27-13(12)10-28-31-18(26)41/h1-5,10,14,16-17,33H,6-9,11H2,(H,29,35)(H2,25,30,34)(H3,26,31,41). The minimum Gasteiger partial charge on any atom is -0.448 e. The Labute approximate surface area is 255 Å². The molecule has 0 radical (unpaired) electrons. The molecule has 7 N–H and O–H groups in total. The number of halogens is 2. The van der Waals surface area contributed by atoms with E-state index in [1.807, 2.05) is 0 Å². The van der Waals surface area contributed by atoms with Crippen molar-refractivity contribution in [1.82, 2.24) is 20.0 Å². The highest BCUT2D eigenvalue weighted by Crippen LogP contribution is 2.42. The van der Waals surface area contributed by atoms with Crippen LogP contribution in [0.5, 0.6) is 0 Å². The van der Waals surface area contributed by atoms with Crippen molar-refractivity contribution < 1.29 is 42.4 Å². The van der Waals surface area contributed by atoms with Crippen LogP contribution in [0.1, 0.15) is 11.9 Å². The van der Waals surface area contributed by atoms with E-state index in [1.165, 1.54) is 34.0 Å². The molecule has 3 unspecified atom stereocenters. The molecule has 16 nitrogen and oxygen atoms in total. The maximum atomic E-state index is 14.5. The molecule has 3 rings (SSSR count). The van der Waals surface area contributed by atoms with Crippen molar-refractivity contribution in [1.29, 1.82) is 0 Å². The Balaban J connectivity index is 1.28. The number of thiocarbonyl (C=S) groups is 1. The van der Waals surface area contributed by atoms with Gasteiger partial charge < -0.3 is 35.5 Å². The zero-order valence-electron chi connectivity index (χ0n) is 22.0. The van der Waals surface area contributed by atoms with Gasteiger partial charge in [0.25, 0.3) is 0 Å². The van der Waals surface area contributed by atoms with E-state index < -0.39 is 48.9 Å². The fourth-order valence-electron chi connectivity index (χ4n) is 3.28. The lowest BCUT2D eigenvalue weighted by atomic mass is 10.1. The number of alkyl halides is 2. The van der Waals surface area contributed by atoms with Crippen molar-refractivity contribution in [3.63, 3.8) is 0 Å². The highest BCUT2D eigenvalue weighted by molar-refractivity contribution is 8.76. The van der Waals surface area contributed by atoms with Gasteiger partial charge in [0, 0.05) is 23.9 Å². The van der Waals surface area contributed by atoms with E-state index in [0.29, 0.717) is 27.5 Å². The Morgan fingerprint density at radius 2 is 1.98 bits per heavy atom. The van der Waals surface area contributed by atoms with Crippen molar-refractivity contribution in [2.45, 2.75) is 24.4 Å². The molecule has 1 saturated heterocycles. The normalized spacial score (nSPS) is 19.1. The largest absolute Gasteiger partial charge is 0.508 e. The monoisotopic (exact) mass is 664 g/mol. The summed E-state index contributed by atoms with van der Waals surface area (Å²) in [6.07, 6.45) is -4.27. The minimum atomic E-state index is -3.88. The van der Waals surface area contributed by atoms with Crippen molar-refractivity contribution in [2.75, 3.05) is 42.4 Å². The van der Waals surface area contributed by atoms with E-state index in [4.69, 9.17) is 30.4 Å². The van der Waals surface area contributed by atoms with Crippen LogP contribution in [-0.4, -0.2) is 92.7 Å². The highest BCUT2D eigenvalue weighted by Gasteiger charge is 2.60. The van der Waals surface area contributed by atoms with Gasteiger partial charge in [-0.15, -0.1) is 0 Å². The summed E-state index contributed by atoms with van der Waals surface area (Å²) >= 11 is 4.65. The molecule has 0 saturated carbocycles. The first-order valence-corrected chi connectivity index (χ1v) is 15.0. The van der Waals surface area contributed by atoms with Gasteiger partial charge in [0.2, 0.25) is 6.23 Å². The van der Waals surface area contributed by atoms with E-state index in [2.05, 4.69) is 38.0 Å². The molecule has 2 aromatic rings.